The molecule has 2 aromatic rings. The molecule has 1 atom stereocenters. The molecule has 0 spiro atoms. The second-order valence-electron chi connectivity index (χ2n) is 7.10. The third-order valence-corrected chi connectivity index (χ3v) is 7.18. The van der Waals surface area contributed by atoms with Crippen LogP contribution in [-0.2, 0) is 10.0 Å². The number of sulfonamides is 1. The molecule has 144 valence electrons. The van der Waals surface area contributed by atoms with Gasteiger partial charge in [-0.1, -0.05) is 24.6 Å². The van der Waals surface area contributed by atoms with E-state index in [0.717, 1.165) is 38.0 Å². The number of ether oxygens (including phenoxy) is 1. The minimum Gasteiger partial charge on any atom is -0.493 e. The first-order valence-electron chi connectivity index (χ1n) is 9.56. The molecule has 2 aliphatic rings. The van der Waals surface area contributed by atoms with Gasteiger partial charge in [-0.15, -0.1) is 0 Å². The first kappa shape index (κ1) is 18.3. The maximum atomic E-state index is 12.7. The molecule has 0 saturated carbocycles. The van der Waals surface area contributed by atoms with E-state index in [1.165, 1.54) is 11.8 Å². The van der Waals surface area contributed by atoms with Crippen molar-refractivity contribution in [2.45, 2.75) is 36.5 Å². The summed E-state index contributed by atoms with van der Waals surface area (Å²) in [6.45, 7) is 2.66. The quantitative estimate of drug-likeness (QED) is 0.853. The number of hydrogen-bond acceptors (Lipinski definition) is 5. The van der Waals surface area contributed by atoms with Gasteiger partial charge < -0.3 is 10.1 Å². The molecule has 3 heterocycles. The van der Waals surface area contributed by atoms with Crippen LogP contribution < -0.4 is 10.1 Å². The molecule has 0 radical (unpaired) electrons. The van der Waals surface area contributed by atoms with E-state index < -0.39 is 10.0 Å². The summed E-state index contributed by atoms with van der Waals surface area (Å²) in [7, 11) is -3.43. The van der Waals surface area contributed by atoms with Crippen molar-refractivity contribution in [3.63, 3.8) is 0 Å². The van der Waals surface area contributed by atoms with Gasteiger partial charge in [-0.25, -0.2) is 13.4 Å². The van der Waals surface area contributed by atoms with Crippen molar-refractivity contribution in [1.82, 2.24) is 9.29 Å². The van der Waals surface area contributed by atoms with Gasteiger partial charge in [-0.2, -0.15) is 4.31 Å². The van der Waals surface area contributed by atoms with Crippen molar-refractivity contribution >= 4 is 15.8 Å². The zero-order valence-electron chi connectivity index (χ0n) is 15.3. The fraction of sp³-hybridized carbons (Fsp3) is 0.450. The molecule has 2 aliphatic heterocycles. The fourth-order valence-corrected chi connectivity index (χ4v) is 5.21. The maximum absolute atomic E-state index is 12.7. The Labute approximate surface area is 160 Å². The number of nitrogens with one attached hydrogen (secondary N) is 1. The van der Waals surface area contributed by atoms with Gasteiger partial charge >= 0.3 is 0 Å². The Morgan fingerprint density at radius 3 is 2.70 bits per heavy atom. The van der Waals surface area contributed by atoms with E-state index in [-0.39, 0.29) is 4.90 Å². The zero-order chi connectivity index (χ0) is 18.7. The highest BCUT2D eigenvalue weighted by molar-refractivity contribution is 7.89. The first-order valence-corrected chi connectivity index (χ1v) is 11.0. The van der Waals surface area contributed by atoms with Gasteiger partial charge in [-0.3, -0.25) is 0 Å². The lowest BCUT2D eigenvalue weighted by Crippen LogP contribution is -2.35. The Kier molecular flexibility index (Phi) is 5.31. The van der Waals surface area contributed by atoms with E-state index in [9.17, 15) is 8.42 Å². The van der Waals surface area contributed by atoms with Gasteiger partial charge in [0, 0.05) is 31.7 Å². The standard InChI is InChI=1S/C20H25N3O3S/c24-27(25,23-11-4-1-5-12-23)17-8-9-20(22-15-17)21-14-16-10-13-26-19-7-3-2-6-18(16)19/h2-3,6-9,15-16H,1,4-5,10-14H2,(H,21,22). The topological polar surface area (TPSA) is 71.5 Å². The highest BCUT2D eigenvalue weighted by Crippen LogP contribution is 2.33. The van der Waals surface area contributed by atoms with Crippen molar-refractivity contribution in [2.75, 3.05) is 31.6 Å². The van der Waals surface area contributed by atoms with Gasteiger partial charge in [0.1, 0.15) is 16.5 Å². The zero-order valence-corrected chi connectivity index (χ0v) is 16.1. The number of hydrogen-bond donors (Lipinski definition) is 1. The van der Waals surface area contributed by atoms with E-state index in [1.54, 1.807) is 16.4 Å². The third kappa shape index (κ3) is 3.94. The van der Waals surface area contributed by atoms with Crippen LogP contribution in [0.2, 0.25) is 0 Å². The molecule has 6 nitrogen and oxygen atoms in total. The predicted molar refractivity (Wildman–Crippen MR) is 105 cm³/mol. The normalized spacial score (nSPS) is 20.5. The number of para-hydroxylation sites is 1. The average Bonchev–Trinajstić information content (AvgIpc) is 2.73. The van der Waals surface area contributed by atoms with Crippen LogP contribution in [-0.4, -0.2) is 43.9 Å². The van der Waals surface area contributed by atoms with Crippen LogP contribution >= 0.6 is 0 Å². The lowest BCUT2D eigenvalue weighted by Gasteiger charge is -2.26. The molecular formula is C20H25N3O3S. The lowest BCUT2D eigenvalue weighted by molar-refractivity contribution is 0.270. The number of rotatable bonds is 5. The molecule has 0 amide bonds. The van der Waals surface area contributed by atoms with Crippen molar-refractivity contribution in [2.24, 2.45) is 0 Å². The summed E-state index contributed by atoms with van der Waals surface area (Å²) in [6.07, 6.45) is 5.37. The van der Waals surface area contributed by atoms with Crippen LogP contribution in [0.25, 0.3) is 0 Å². The molecule has 7 heteroatoms. The third-order valence-electron chi connectivity index (χ3n) is 5.30. The van der Waals surface area contributed by atoms with Gasteiger partial charge in [0.25, 0.3) is 0 Å². The maximum Gasteiger partial charge on any atom is 0.244 e. The fourth-order valence-electron chi connectivity index (χ4n) is 3.75. The Hall–Kier alpha value is -2.12. The number of fused-ring (bicyclic) bond motifs is 1. The molecule has 1 unspecified atom stereocenters. The molecule has 1 fully saturated rings. The average molecular weight is 388 g/mol. The number of benzene rings is 1. The summed E-state index contributed by atoms with van der Waals surface area (Å²) >= 11 is 0. The number of aromatic nitrogens is 1. The lowest BCUT2D eigenvalue weighted by atomic mass is 9.93. The second kappa shape index (κ2) is 7.86. The number of piperidine rings is 1. The minimum atomic E-state index is -3.43. The van der Waals surface area contributed by atoms with Crippen molar-refractivity contribution in [3.8, 4) is 5.75 Å². The largest absolute Gasteiger partial charge is 0.493 e. The Balaban J connectivity index is 1.42. The molecular weight excluding hydrogens is 362 g/mol. The summed E-state index contributed by atoms with van der Waals surface area (Å²) in [5, 5.41) is 3.34. The monoisotopic (exact) mass is 387 g/mol. The molecule has 1 saturated heterocycles. The summed E-state index contributed by atoms with van der Waals surface area (Å²) < 4.78 is 32.7. The Bertz CT molecular complexity index is 878. The van der Waals surface area contributed by atoms with Crippen LogP contribution in [0.5, 0.6) is 5.75 Å². The summed E-state index contributed by atoms with van der Waals surface area (Å²) in [4.78, 5) is 4.60. The van der Waals surface area contributed by atoms with Crippen LogP contribution in [0.3, 0.4) is 0 Å². The minimum absolute atomic E-state index is 0.270. The van der Waals surface area contributed by atoms with Gasteiger partial charge in [0.15, 0.2) is 0 Å². The highest BCUT2D eigenvalue weighted by atomic mass is 32.2. The summed E-state index contributed by atoms with van der Waals surface area (Å²) in [5.74, 6) is 2.00. The molecule has 1 N–H and O–H groups in total. The SMILES string of the molecule is O=S(=O)(c1ccc(NCC2CCOc3ccccc32)nc1)N1CCCCC1. The summed E-state index contributed by atoms with van der Waals surface area (Å²) in [6, 6.07) is 11.5. The molecule has 4 rings (SSSR count). The molecule has 1 aromatic carbocycles. The molecule has 1 aromatic heterocycles. The van der Waals surface area contributed by atoms with Crippen LogP contribution in [0, 0.1) is 0 Å². The van der Waals surface area contributed by atoms with Crippen LogP contribution in [0.15, 0.2) is 47.5 Å². The Morgan fingerprint density at radius 2 is 1.93 bits per heavy atom. The van der Waals surface area contributed by atoms with Crippen molar-refractivity contribution in [3.05, 3.63) is 48.2 Å². The van der Waals surface area contributed by atoms with Crippen LogP contribution in [0.4, 0.5) is 5.82 Å². The Morgan fingerprint density at radius 1 is 1.11 bits per heavy atom. The van der Waals surface area contributed by atoms with E-state index in [1.807, 2.05) is 18.2 Å². The highest BCUT2D eigenvalue weighted by Gasteiger charge is 2.26. The molecule has 27 heavy (non-hydrogen) atoms. The number of pyridine rings is 1. The van der Waals surface area contributed by atoms with E-state index in [0.29, 0.717) is 31.4 Å². The molecule has 0 aliphatic carbocycles. The van der Waals surface area contributed by atoms with E-state index >= 15 is 0 Å². The first-order chi connectivity index (χ1) is 13.1. The van der Waals surface area contributed by atoms with E-state index in [4.69, 9.17) is 4.74 Å². The second-order valence-corrected chi connectivity index (χ2v) is 9.03. The smallest absolute Gasteiger partial charge is 0.244 e. The van der Waals surface area contributed by atoms with Gasteiger partial charge in [0.05, 0.1) is 6.61 Å². The number of anilines is 1. The van der Waals surface area contributed by atoms with E-state index in [2.05, 4.69) is 16.4 Å². The molecule has 0 bridgehead atoms. The van der Waals surface area contributed by atoms with Gasteiger partial charge in [-0.05, 0) is 43.0 Å². The van der Waals surface area contributed by atoms with Crippen molar-refractivity contribution < 1.29 is 13.2 Å². The predicted octanol–water partition coefficient (Wildman–Crippen LogP) is 3.23. The van der Waals surface area contributed by atoms with Crippen molar-refractivity contribution in [1.29, 1.82) is 0 Å². The summed E-state index contributed by atoms with van der Waals surface area (Å²) in [5.41, 5.74) is 1.21. The van der Waals surface area contributed by atoms with Gasteiger partial charge in [0.2, 0.25) is 10.0 Å². The number of nitrogens with zero attached hydrogens (tertiary/aromatic N) is 2. The van der Waals surface area contributed by atoms with Crippen LogP contribution in [0.1, 0.15) is 37.2 Å².